The SMILES string of the molecule is CCN(CC(=O)Nc1cc(Cl)ccc1C)C[C@H]1CCCCO1. The van der Waals surface area contributed by atoms with Crippen molar-refractivity contribution in [1.82, 2.24) is 4.90 Å². The number of hydrogen-bond acceptors (Lipinski definition) is 3. The average Bonchev–Trinajstić information content (AvgIpc) is 2.51. The molecule has 5 heteroatoms. The number of aryl methyl sites for hydroxylation is 1. The normalized spacial score (nSPS) is 18.5. The highest BCUT2D eigenvalue weighted by atomic mass is 35.5. The summed E-state index contributed by atoms with van der Waals surface area (Å²) in [4.78, 5) is 14.4. The molecule has 1 aromatic rings. The lowest BCUT2D eigenvalue weighted by molar-refractivity contribution is -0.117. The molecule has 0 unspecified atom stereocenters. The topological polar surface area (TPSA) is 41.6 Å². The lowest BCUT2D eigenvalue weighted by Gasteiger charge is -2.28. The Hall–Kier alpha value is -1.10. The van der Waals surface area contributed by atoms with Crippen LogP contribution in [-0.2, 0) is 9.53 Å². The first-order valence-electron chi connectivity index (χ1n) is 7.98. The molecule has 0 bridgehead atoms. The molecule has 1 N–H and O–H groups in total. The second kappa shape index (κ2) is 8.51. The van der Waals surface area contributed by atoms with Crippen molar-refractivity contribution in [3.8, 4) is 0 Å². The molecule has 0 radical (unpaired) electrons. The van der Waals surface area contributed by atoms with Crippen LogP contribution in [0, 0.1) is 6.92 Å². The van der Waals surface area contributed by atoms with Crippen molar-refractivity contribution in [3.63, 3.8) is 0 Å². The molecule has 1 saturated heterocycles. The van der Waals surface area contributed by atoms with Crippen molar-refractivity contribution in [2.24, 2.45) is 0 Å². The molecule has 1 heterocycles. The van der Waals surface area contributed by atoms with Gasteiger partial charge >= 0.3 is 0 Å². The van der Waals surface area contributed by atoms with Crippen molar-refractivity contribution in [2.75, 3.05) is 31.6 Å². The lowest BCUT2D eigenvalue weighted by atomic mass is 10.1. The number of carbonyl (C=O) groups excluding carboxylic acids is 1. The zero-order valence-electron chi connectivity index (χ0n) is 13.4. The third-order valence-electron chi connectivity index (χ3n) is 4.02. The summed E-state index contributed by atoms with van der Waals surface area (Å²) in [6, 6.07) is 5.52. The molecule has 0 aliphatic carbocycles. The second-order valence-electron chi connectivity index (χ2n) is 5.82. The molecule has 1 aliphatic heterocycles. The highest BCUT2D eigenvalue weighted by Crippen LogP contribution is 2.20. The van der Waals surface area contributed by atoms with Gasteiger partial charge in [-0.3, -0.25) is 9.69 Å². The monoisotopic (exact) mass is 324 g/mol. The van der Waals surface area contributed by atoms with E-state index in [9.17, 15) is 4.79 Å². The fourth-order valence-electron chi connectivity index (χ4n) is 2.67. The Labute approximate surface area is 137 Å². The van der Waals surface area contributed by atoms with Gasteiger partial charge in [-0.15, -0.1) is 0 Å². The first kappa shape index (κ1) is 17.3. The van der Waals surface area contributed by atoms with E-state index in [1.54, 1.807) is 6.07 Å². The Morgan fingerprint density at radius 2 is 2.27 bits per heavy atom. The summed E-state index contributed by atoms with van der Waals surface area (Å²) >= 11 is 5.98. The maximum Gasteiger partial charge on any atom is 0.238 e. The van der Waals surface area contributed by atoms with Gasteiger partial charge in [-0.05, 0) is 50.4 Å². The largest absolute Gasteiger partial charge is 0.377 e. The standard InChI is InChI=1S/C17H25ClN2O2/c1-3-20(11-15-6-4-5-9-22-15)12-17(21)19-16-10-14(18)8-7-13(16)2/h7-8,10,15H,3-6,9,11-12H2,1-2H3,(H,19,21)/t15-/m1/s1. The lowest BCUT2D eigenvalue weighted by Crippen LogP contribution is -2.40. The number of carbonyl (C=O) groups is 1. The zero-order valence-corrected chi connectivity index (χ0v) is 14.2. The Morgan fingerprint density at radius 3 is 2.95 bits per heavy atom. The van der Waals surface area contributed by atoms with Crippen LogP contribution in [0.4, 0.5) is 5.69 Å². The molecule has 122 valence electrons. The van der Waals surface area contributed by atoms with Crippen molar-refractivity contribution in [3.05, 3.63) is 28.8 Å². The van der Waals surface area contributed by atoms with Crippen LogP contribution in [0.3, 0.4) is 0 Å². The minimum atomic E-state index is -0.0111. The van der Waals surface area contributed by atoms with Crippen LogP contribution < -0.4 is 5.32 Å². The van der Waals surface area contributed by atoms with Crippen LogP contribution in [0.1, 0.15) is 31.7 Å². The minimum absolute atomic E-state index is 0.0111. The first-order valence-corrected chi connectivity index (χ1v) is 8.36. The van der Waals surface area contributed by atoms with Crippen LogP contribution >= 0.6 is 11.6 Å². The summed E-state index contributed by atoms with van der Waals surface area (Å²) in [5.74, 6) is -0.0111. The van der Waals surface area contributed by atoms with Gasteiger partial charge in [0.15, 0.2) is 0 Å². The summed E-state index contributed by atoms with van der Waals surface area (Å²) in [5, 5.41) is 3.58. The van der Waals surface area contributed by atoms with Gasteiger partial charge in [0, 0.05) is 23.9 Å². The number of ether oxygens (including phenoxy) is 1. The van der Waals surface area contributed by atoms with Gasteiger partial charge in [0.25, 0.3) is 0 Å². The molecule has 1 atom stereocenters. The number of anilines is 1. The Balaban J connectivity index is 1.87. The van der Waals surface area contributed by atoms with E-state index in [0.29, 0.717) is 11.6 Å². The number of rotatable bonds is 6. The van der Waals surface area contributed by atoms with Crippen LogP contribution in [0.25, 0.3) is 0 Å². The minimum Gasteiger partial charge on any atom is -0.377 e. The molecule has 1 aliphatic rings. The van der Waals surface area contributed by atoms with E-state index >= 15 is 0 Å². The molecule has 0 spiro atoms. The number of nitrogens with one attached hydrogen (secondary N) is 1. The summed E-state index contributed by atoms with van der Waals surface area (Å²) in [6.07, 6.45) is 3.72. The highest BCUT2D eigenvalue weighted by molar-refractivity contribution is 6.31. The van der Waals surface area contributed by atoms with Crippen molar-refractivity contribution in [1.29, 1.82) is 0 Å². The maximum atomic E-state index is 12.3. The van der Waals surface area contributed by atoms with Gasteiger partial charge in [-0.2, -0.15) is 0 Å². The third-order valence-corrected chi connectivity index (χ3v) is 4.26. The Kier molecular flexibility index (Phi) is 6.68. The van der Waals surface area contributed by atoms with E-state index in [0.717, 1.165) is 43.8 Å². The number of nitrogens with zero attached hydrogens (tertiary/aromatic N) is 1. The van der Waals surface area contributed by atoms with Crippen molar-refractivity contribution >= 4 is 23.2 Å². The van der Waals surface area contributed by atoms with Gasteiger partial charge < -0.3 is 10.1 Å². The van der Waals surface area contributed by atoms with E-state index < -0.39 is 0 Å². The summed E-state index contributed by atoms with van der Waals surface area (Å²) in [6.45, 7) is 6.90. The predicted octanol–water partition coefficient (Wildman–Crippen LogP) is 3.48. The van der Waals surface area contributed by atoms with Gasteiger partial charge in [0.1, 0.15) is 0 Å². The van der Waals surface area contributed by atoms with E-state index in [-0.39, 0.29) is 12.0 Å². The smallest absolute Gasteiger partial charge is 0.238 e. The number of halogens is 1. The Morgan fingerprint density at radius 1 is 1.45 bits per heavy atom. The molecule has 4 nitrogen and oxygen atoms in total. The van der Waals surface area contributed by atoms with Crippen LogP contribution in [-0.4, -0.2) is 43.2 Å². The van der Waals surface area contributed by atoms with E-state index in [4.69, 9.17) is 16.3 Å². The number of amides is 1. The molecule has 0 saturated carbocycles. The number of hydrogen-bond donors (Lipinski definition) is 1. The molecular formula is C17H25ClN2O2. The van der Waals surface area contributed by atoms with Crippen LogP contribution in [0.5, 0.6) is 0 Å². The molecular weight excluding hydrogens is 300 g/mol. The molecule has 1 amide bonds. The van der Waals surface area contributed by atoms with E-state index in [2.05, 4.69) is 17.1 Å². The van der Waals surface area contributed by atoms with E-state index in [1.807, 2.05) is 19.1 Å². The maximum absolute atomic E-state index is 12.3. The van der Waals surface area contributed by atoms with E-state index in [1.165, 1.54) is 6.42 Å². The average molecular weight is 325 g/mol. The molecule has 1 fully saturated rings. The molecule has 1 aromatic carbocycles. The van der Waals surface area contributed by atoms with Crippen molar-refractivity contribution in [2.45, 2.75) is 39.2 Å². The number of likely N-dealkylation sites (N-methyl/N-ethyl adjacent to an activating group) is 1. The number of benzene rings is 1. The second-order valence-corrected chi connectivity index (χ2v) is 6.26. The molecule has 0 aromatic heterocycles. The van der Waals surface area contributed by atoms with Crippen LogP contribution in [0.2, 0.25) is 5.02 Å². The predicted molar refractivity (Wildman–Crippen MR) is 90.5 cm³/mol. The first-order chi connectivity index (χ1) is 10.6. The molecule has 2 rings (SSSR count). The summed E-state index contributed by atoms with van der Waals surface area (Å²) < 4.78 is 5.75. The fraction of sp³-hybridized carbons (Fsp3) is 0.588. The quantitative estimate of drug-likeness (QED) is 0.871. The van der Waals surface area contributed by atoms with Gasteiger partial charge in [0.05, 0.1) is 12.6 Å². The van der Waals surface area contributed by atoms with Gasteiger partial charge in [-0.25, -0.2) is 0 Å². The van der Waals surface area contributed by atoms with Crippen LogP contribution in [0.15, 0.2) is 18.2 Å². The van der Waals surface area contributed by atoms with Gasteiger partial charge in [-0.1, -0.05) is 24.6 Å². The summed E-state index contributed by atoms with van der Waals surface area (Å²) in [5.41, 5.74) is 1.79. The zero-order chi connectivity index (χ0) is 15.9. The molecule has 22 heavy (non-hydrogen) atoms. The summed E-state index contributed by atoms with van der Waals surface area (Å²) in [7, 11) is 0. The van der Waals surface area contributed by atoms with Gasteiger partial charge in [0.2, 0.25) is 5.91 Å². The fourth-order valence-corrected chi connectivity index (χ4v) is 2.84. The Bertz CT molecular complexity index is 501. The highest BCUT2D eigenvalue weighted by Gasteiger charge is 2.19. The third kappa shape index (κ3) is 5.27. The van der Waals surface area contributed by atoms with Crippen molar-refractivity contribution < 1.29 is 9.53 Å².